The number of alkyl halides is 2. The molecule has 5 nitrogen and oxygen atoms in total. The number of ketones is 2. The van der Waals surface area contributed by atoms with Crippen LogP contribution in [0.15, 0.2) is 23.8 Å². The third-order valence-electron chi connectivity index (χ3n) is 9.68. The Hall–Kier alpha value is -1.34. The van der Waals surface area contributed by atoms with Crippen LogP contribution in [0.5, 0.6) is 0 Å². The van der Waals surface area contributed by atoms with E-state index < -0.39 is 27.4 Å². The Balaban J connectivity index is 1.59. The lowest BCUT2D eigenvalue weighted by atomic mass is 9.46. The van der Waals surface area contributed by atoms with Crippen LogP contribution in [0, 0.1) is 34.5 Å². The van der Waals surface area contributed by atoms with Crippen molar-refractivity contribution in [2.75, 3.05) is 6.61 Å². The van der Waals surface area contributed by atoms with Crippen molar-refractivity contribution in [2.24, 2.45) is 34.5 Å². The molecule has 0 aliphatic heterocycles. The van der Waals surface area contributed by atoms with E-state index in [1.807, 2.05) is 20.8 Å². The summed E-state index contributed by atoms with van der Waals surface area (Å²) in [7, 11) is 0. The van der Waals surface area contributed by atoms with Gasteiger partial charge in [0.05, 0.1) is 10.4 Å². The summed E-state index contributed by atoms with van der Waals surface area (Å²) < 4.78 is 20.1. The number of allylic oxidation sites excluding steroid dienone is 4. The summed E-state index contributed by atoms with van der Waals surface area (Å²) in [6.45, 7) is 7.81. The van der Waals surface area contributed by atoms with E-state index in [0.717, 1.165) is 25.7 Å². The minimum absolute atomic E-state index is 0.0112. The van der Waals surface area contributed by atoms with E-state index in [0.29, 0.717) is 18.4 Å². The Morgan fingerprint density at radius 1 is 1.23 bits per heavy atom. The average Bonchev–Trinajstić information content (AvgIpc) is 3.05. The number of halogens is 2. The maximum absolute atomic E-state index is 15.6. The normalized spacial score (nSPS) is 44.2. The van der Waals surface area contributed by atoms with Gasteiger partial charge in [0.1, 0.15) is 12.8 Å². The summed E-state index contributed by atoms with van der Waals surface area (Å²) in [5.74, 6) is -1.23. The van der Waals surface area contributed by atoms with Gasteiger partial charge in [-0.3, -0.25) is 14.4 Å². The lowest BCUT2D eigenvalue weighted by molar-refractivity contribution is -0.153. The zero-order valence-electron chi connectivity index (χ0n) is 21.2. The fourth-order valence-electron chi connectivity index (χ4n) is 8.09. The maximum Gasteiger partial charge on any atom is 0.306 e. The second-order valence-corrected chi connectivity index (χ2v) is 13.0. The molecule has 9 atom stereocenters. The molecule has 0 bridgehead atoms. The van der Waals surface area contributed by atoms with Crippen LogP contribution in [0.2, 0.25) is 0 Å². The molecule has 0 aromatic carbocycles. The molecule has 7 heteroatoms. The Labute approximate surface area is 216 Å². The molecular formula is C28H38BrFO5. The van der Waals surface area contributed by atoms with Gasteiger partial charge in [-0.1, -0.05) is 62.5 Å². The van der Waals surface area contributed by atoms with Crippen molar-refractivity contribution in [3.05, 3.63) is 23.8 Å². The molecule has 4 rings (SSSR count). The van der Waals surface area contributed by atoms with Crippen molar-refractivity contribution in [3.63, 3.8) is 0 Å². The minimum Gasteiger partial charge on any atom is -0.458 e. The lowest BCUT2D eigenvalue weighted by Gasteiger charge is -2.64. The first-order valence-electron chi connectivity index (χ1n) is 13.0. The summed E-state index contributed by atoms with van der Waals surface area (Å²) in [6, 6.07) is 0. The first kappa shape index (κ1) is 26.7. The zero-order valence-corrected chi connectivity index (χ0v) is 22.8. The second-order valence-electron chi connectivity index (χ2n) is 11.7. The molecule has 0 radical (unpaired) electrons. The molecule has 0 heterocycles. The van der Waals surface area contributed by atoms with E-state index in [4.69, 9.17) is 4.74 Å². The number of aliphatic hydroxyl groups excluding tert-OH is 1. The van der Waals surface area contributed by atoms with Crippen molar-refractivity contribution in [3.8, 4) is 0 Å². The number of unbranched alkanes of at least 4 members (excludes halogenated alkanes) is 2. The number of hydrogen-bond acceptors (Lipinski definition) is 5. The van der Waals surface area contributed by atoms with E-state index in [-0.39, 0.29) is 54.2 Å². The van der Waals surface area contributed by atoms with Crippen molar-refractivity contribution in [1.82, 2.24) is 0 Å². The molecule has 4 aliphatic rings. The van der Waals surface area contributed by atoms with E-state index in [9.17, 15) is 19.5 Å². The summed E-state index contributed by atoms with van der Waals surface area (Å²) in [5, 5.41) is 11.6. The van der Waals surface area contributed by atoms with E-state index in [2.05, 4.69) is 22.9 Å². The number of ether oxygens (including phenoxy) is 1. The highest BCUT2D eigenvalue weighted by Crippen LogP contribution is 2.71. The van der Waals surface area contributed by atoms with Gasteiger partial charge in [0.2, 0.25) is 0 Å². The molecule has 0 aromatic heterocycles. The molecule has 194 valence electrons. The fraction of sp³-hybridized carbons (Fsp3) is 0.750. The average molecular weight is 554 g/mol. The quantitative estimate of drug-likeness (QED) is 0.264. The topological polar surface area (TPSA) is 80.7 Å². The van der Waals surface area contributed by atoms with Gasteiger partial charge in [-0.15, -0.1) is 0 Å². The molecular weight excluding hydrogens is 515 g/mol. The molecule has 4 aliphatic carbocycles. The van der Waals surface area contributed by atoms with Crippen LogP contribution in [-0.2, 0) is 19.1 Å². The van der Waals surface area contributed by atoms with E-state index in [1.54, 1.807) is 6.08 Å². The molecule has 0 saturated heterocycles. The largest absolute Gasteiger partial charge is 0.458 e. The molecule has 3 saturated carbocycles. The SMILES string of the molecule is CCCCCC(=O)OCC(=O)[C@H]1C(C)C[C@H]2[C@@H]3CC(F)C4=CC(=O)C=C[C@]4(C)[C@@]3(Br)C(O)C[C@]12C. The molecule has 0 amide bonds. The van der Waals surface area contributed by atoms with Crippen LogP contribution in [0.1, 0.15) is 72.6 Å². The van der Waals surface area contributed by atoms with Gasteiger partial charge in [0, 0.05) is 17.8 Å². The Kier molecular flexibility index (Phi) is 7.26. The van der Waals surface area contributed by atoms with E-state index >= 15 is 4.39 Å². The maximum atomic E-state index is 15.6. The standard InChI is InChI=1S/C28H38BrFO5/c1-5-6-7-8-24(34)35-15-22(32)25-16(2)11-18-19-13-21(30)20-12-17(31)9-10-27(20,4)28(19,29)23(33)14-26(18,25)3/h9-10,12,16,18-19,21,23,25,33H,5-8,11,13-15H2,1-4H3/t16?,18-,19-,21?,23?,25+,26-,27-,28-/m0/s1. The van der Waals surface area contributed by atoms with Crippen LogP contribution >= 0.6 is 15.9 Å². The van der Waals surface area contributed by atoms with Gasteiger partial charge >= 0.3 is 5.97 Å². The minimum atomic E-state index is -1.28. The number of rotatable bonds is 7. The van der Waals surface area contributed by atoms with Crippen LogP contribution in [0.3, 0.4) is 0 Å². The van der Waals surface area contributed by atoms with Gasteiger partial charge in [-0.05, 0) is 66.6 Å². The monoisotopic (exact) mass is 552 g/mol. The number of aliphatic hydroxyl groups is 1. The summed E-state index contributed by atoms with van der Waals surface area (Å²) in [4.78, 5) is 37.5. The number of carbonyl (C=O) groups excluding carboxylic acids is 3. The Morgan fingerprint density at radius 2 is 1.94 bits per heavy atom. The molecule has 1 N–H and O–H groups in total. The third kappa shape index (κ3) is 4.09. The number of Topliss-reactive ketones (excluding diaryl/α,β-unsaturated/α-hetero) is 1. The Bertz CT molecular complexity index is 961. The van der Waals surface area contributed by atoms with Crippen LogP contribution in [0.4, 0.5) is 4.39 Å². The predicted octanol–water partition coefficient (Wildman–Crippen LogP) is 5.29. The highest BCUT2D eigenvalue weighted by Gasteiger charge is 2.71. The van der Waals surface area contributed by atoms with Gasteiger partial charge < -0.3 is 9.84 Å². The molecule has 0 spiro atoms. The van der Waals surface area contributed by atoms with Crippen LogP contribution < -0.4 is 0 Å². The molecule has 35 heavy (non-hydrogen) atoms. The zero-order chi connectivity index (χ0) is 25.8. The summed E-state index contributed by atoms with van der Waals surface area (Å²) in [5.41, 5.74) is -0.948. The fourth-order valence-corrected chi connectivity index (χ4v) is 9.12. The molecule has 3 fully saturated rings. The number of esters is 1. The van der Waals surface area contributed by atoms with Gasteiger partial charge in [0.15, 0.2) is 11.6 Å². The molecule has 0 aromatic rings. The summed E-state index contributed by atoms with van der Waals surface area (Å²) >= 11 is 3.93. The van der Waals surface area contributed by atoms with Crippen LogP contribution in [0.25, 0.3) is 0 Å². The highest BCUT2D eigenvalue weighted by molar-refractivity contribution is 9.10. The van der Waals surface area contributed by atoms with E-state index in [1.165, 1.54) is 12.2 Å². The predicted molar refractivity (Wildman–Crippen MR) is 135 cm³/mol. The Morgan fingerprint density at radius 3 is 2.63 bits per heavy atom. The first-order chi connectivity index (χ1) is 16.4. The van der Waals surface area contributed by atoms with Crippen molar-refractivity contribution in [2.45, 2.75) is 89.2 Å². The second kappa shape index (κ2) is 9.51. The van der Waals surface area contributed by atoms with Crippen molar-refractivity contribution < 1.29 is 28.6 Å². The highest BCUT2D eigenvalue weighted by atomic mass is 79.9. The number of fused-ring (bicyclic) bond motifs is 5. The lowest BCUT2D eigenvalue weighted by Crippen LogP contribution is -2.67. The smallest absolute Gasteiger partial charge is 0.306 e. The van der Waals surface area contributed by atoms with Gasteiger partial charge in [0.25, 0.3) is 0 Å². The summed E-state index contributed by atoms with van der Waals surface area (Å²) in [6.07, 6.45) is 6.84. The first-order valence-corrected chi connectivity index (χ1v) is 13.8. The third-order valence-corrected chi connectivity index (χ3v) is 11.6. The van der Waals surface area contributed by atoms with Crippen molar-refractivity contribution in [1.29, 1.82) is 0 Å². The number of carbonyl (C=O) groups is 3. The van der Waals surface area contributed by atoms with Crippen molar-refractivity contribution >= 4 is 33.5 Å². The molecule has 3 unspecified atom stereocenters. The van der Waals surface area contributed by atoms with Gasteiger partial charge in [-0.2, -0.15) is 0 Å². The van der Waals surface area contributed by atoms with Crippen LogP contribution in [-0.4, -0.2) is 45.8 Å². The van der Waals surface area contributed by atoms with Gasteiger partial charge in [-0.25, -0.2) is 4.39 Å². The number of hydrogen-bond donors (Lipinski definition) is 1.